The van der Waals surface area contributed by atoms with Crippen LogP contribution in [0.15, 0.2) is 0 Å². The highest BCUT2D eigenvalue weighted by Gasteiger charge is 2.21. The molecule has 1 N–H and O–H groups in total. The molecule has 12 heavy (non-hydrogen) atoms. The molecular formula is C8H14F2O2. The molecule has 2 nitrogen and oxygen atoms in total. The molecule has 0 aliphatic carbocycles. The molecule has 1 rings (SSSR count). The summed E-state index contributed by atoms with van der Waals surface area (Å²) in [6.07, 6.45) is -1.36. The molecule has 2 unspecified atom stereocenters. The Balaban J connectivity index is 2.07. The van der Waals surface area contributed by atoms with E-state index in [-0.39, 0.29) is 12.5 Å². The number of aliphatic hydroxyl groups is 1. The Kier molecular flexibility index (Phi) is 3.88. The molecule has 1 aliphatic heterocycles. The van der Waals surface area contributed by atoms with E-state index < -0.39 is 12.5 Å². The zero-order valence-corrected chi connectivity index (χ0v) is 6.88. The van der Waals surface area contributed by atoms with Gasteiger partial charge in [-0.3, -0.25) is 0 Å². The van der Waals surface area contributed by atoms with Crippen LogP contribution in [0.2, 0.25) is 0 Å². The normalized spacial score (nSPS) is 26.5. The van der Waals surface area contributed by atoms with Crippen molar-refractivity contribution < 1.29 is 18.6 Å². The SMILES string of the molecule is OC(CCC1CCCO1)C(F)F. The highest BCUT2D eigenvalue weighted by Crippen LogP contribution is 2.19. The monoisotopic (exact) mass is 180 g/mol. The fourth-order valence-corrected chi connectivity index (χ4v) is 1.35. The summed E-state index contributed by atoms with van der Waals surface area (Å²) in [5.41, 5.74) is 0. The second-order valence-electron chi connectivity index (χ2n) is 3.11. The summed E-state index contributed by atoms with van der Waals surface area (Å²) >= 11 is 0. The van der Waals surface area contributed by atoms with E-state index in [0.717, 1.165) is 19.4 Å². The maximum Gasteiger partial charge on any atom is 0.264 e. The van der Waals surface area contributed by atoms with Crippen molar-refractivity contribution in [2.24, 2.45) is 0 Å². The Bertz CT molecular complexity index is 122. The zero-order valence-electron chi connectivity index (χ0n) is 6.88. The van der Waals surface area contributed by atoms with Gasteiger partial charge in [-0.05, 0) is 25.7 Å². The fraction of sp³-hybridized carbons (Fsp3) is 1.00. The first-order valence-electron chi connectivity index (χ1n) is 4.28. The minimum absolute atomic E-state index is 0.0957. The largest absolute Gasteiger partial charge is 0.387 e. The molecule has 2 atom stereocenters. The van der Waals surface area contributed by atoms with Crippen molar-refractivity contribution in [3.63, 3.8) is 0 Å². The summed E-state index contributed by atoms with van der Waals surface area (Å²) in [4.78, 5) is 0. The van der Waals surface area contributed by atoms with Crippen LogP contribution in [0.4, 0.5) is 8.78 Å². The minimum Gasteiger partial charge on any atom is -0.387 e. The molecule has 4 heteroatoms. The molecule has 0 aromatic carbocycles. The summed E-state index contributed by atoms with van der Waals surface area (Å²) in [6, 6.07) is 0. The third kappa shape index (κ3) is 3.03. The molecule has 1 fully saturated rings. The van der Waals surface area contributed by atoms with Crippen molar-refractivity contribution >= 4 is 0 Å². The van der Waals surface area contributed by atoms with Gasteiger partial charge < -0.3 is 9.84 Å². The van der Waals surface area contributed by atoms with E-state index in [1.807, 2.05) is 0 Å². The molecule has 0 bridgehead atoms. The summed E-state index contributed by atoms with van der Waals surface area (Å²) in [6.45, 7) is 0.732. The van der Waals surface area contributed by atoms with Crippen LogP contribution in [0.1, 0.15) is 25.7 Å². The Morgan fingerprint density at radius 1 is 1.50 bits per heavy atom. The van der Waals surface area contributed by atoms with Gasteiger partial charge in [-0.2, -0.15) is 0 Å². The molecule has 0 radical (unpaired) electrons. The van der Waals surface area contributed by atoms with Crippen molar-refractivity contribution in [2.75, 3.05) is 6.61 Å². The standard InChI is InChI=1S/C8H14F2O2/c9-8(10)7(11)4-3-6-2-1-5-12-6/h6-8,11H,1-5H2. The van der Waals surface area contributed by atoms with Crippen molar-refractivity contribution in [2.45, 2.75) is 44.3 Å². The lowest BCUT2D eigenvalue weighted by Gasteiger charge is -2.12. The van der Waals surface area contributed by atoms with Gasteiger partial charge in [0.25, 0.3) is 6.43 Å². The van der Waals surface area contributed by atoms with E-state index in [2.05, 4.69) is 0 Å². The Morgan fingerprint density at radius 2 is 2.25 bits per heavy atom. The van der Waals surface area contributed by atoms with E-state index in [1.165, 1.54) is 0 Å². The highest BCUT2D eigenvalue weighted by atomic mass is 19.3. The third-order valence-electron chi connectivity index (χ3n) is 2.10. The van der Waals surface area contributed by atoms with E-state index in [4.69, 9.17) is 9.84 Å². The van der Waals surface area contributed by atoms with Gasteiger partial charge in [-0.1, -0.05) is 0 Å². The van der Waals surface area contributed by atoms with Gasteiger partial charge in [0, 0.05) is 6.61 Å². The maximum absolute atomic E-state index is 11.8. The molecule has 0 amide bonds. The number of rotatable bonds is 4. The van der Waals surface area contributed by atoms with E-state index in [0.29, 0.717) is 6.42 Å². The lowest BCUT2D eigenvalue weighted by atomic mass is 10.1. The van der Waals surface area contributed by atoms with Crippen LogP contribution in [-0.4, -0.2) is 30.3 Å². The van der Waals surface area contributed by atoms with Gasteiger partial charge in [0.2, 0.25) is 0 Å². The molecule has 1 saturated heterocycles. The smallest absolute Gasteiger partial charge is 0.264 e. The van der Waals surface area contributed by atoms with Gasteiger partial charge in [0.05, 0.1) is 6.10 Å². The number of halogens is 2. The fourth-order valence-electron chi connectivity index (χ4n) is 1.35. The molecule has 1 heterocycles. The lowest BCUT2D eigenvalue weighted by molar-refractivity contribution is -0.0178. The predicted molar refractivity (Wildman–Crippen MR) is 40.2 cm³/mol. The third-order valence-corrected chi connectivity index (χ3v) is 2.10. The predicted octanol–water partition coefficient (Wildman–Crippen LogP) is 1.57. The van der Waals surface area contributed by atoms with E-state index >= 15 is 0 Å². The zero-order chi connectivity index (χ0) is 8.97. The summed E-state index contributed by atoms with van der Waals surface area (Å²) < 4.78 is 28.8. The average molecular weight is 180 g/mol. The minimum atomic E-state index is -2.62. The van der Waals surface area contributed by atoms with Crippen LogP contribution in [-0.2, 0) is 4.74 Å². The molecule has 0 spiro atoms. The Morgan fingerprint density at radius 3 is 2.75 bits per heavy atom. The average Bonchev–Trinajstić information content (AvgIpc) is 2.51. The highest BCUT2D eigenvalue weighted by molar-refractivity contribution is 4.68. The van der Waals surface area contributed by atoms with Crippen molar-refractivity contribution in [1.82, 2.24) is 0 Å². The summed E-state index contributed by atoms with van der Waals surface area (Å²) in [7, 11) is 0. The van der Waals surface area contributed by atoms with Gasteiger partial charge in [-0.15, -0.1) is 0 Å². The second kappa shape index (κ2) is 4.72. The van der Waals surface area contributed by atoms with Crippen LogP contribution in [0.25, 0.3) is 0 Å². The van der Waals surface area contributed by atoms with Crippen LogP contribution in [0.5, 0.6) is 0 Å². The van der Waals surface area contributed by atoms with Crippen LogP contribution in [0, 0.1) is 0 Å². The van der Waals surface area contributed by atoms with Gasteiger partial charge in [-0.25, -0.2) is 8.78 Å². The molecule has 0 saturated carbocycles. The topological polar surface area (TPSA) is 29.5 Å². The Hall–Kier alpha value is -0.220. The van der Waals surface area contributed by atoms with Gasteiger partial charge >= 0.3 is 0 Å². The lowest BCUT2D eigenvalue weighted by Crippen LogP contribution is -2.19. The second-order valence-corrected chi connectivity index (χ2v) is 3.11. The number of aliphatic hydroxyl groups excluding tert-OH is 1. The molecule has 1 aliphatic rings. The first-order valence-corrected chi connectivity index (χ1v) is 4.28. The number of hydrogen-bond acceptors (Lipinski definition) is 2. The molecule has 0 aromatic rings. The first-order chi connectivity index (χ1) is 5.70. The van der Waals surface area contributed by atoms with Crippen LogP contribution < -0.4 is 0 Å². The van der Waals surface area contributed by atoms with Crippen LogP contribution >= 0.6 is 0 Å². The first kappa shape index (κ1) is 9.86. The molecular weight excluding hydrogens is 166 g/mol. The number of hydrogen-bond donors (Lipinski definition) is 1. The van der Waals surface area contributed by atoms with Gasteiger partial charge in [0.15, 0.2) is 0 Å². The number of ether oxygens (including phenoxy) is 1. The van der Waals surface area contributed by atoms with Gasteiger partial charge in [0.1, 0.15) is 6.10 Å². The quantitative estimate of drug-likeness (QED) is 0.711. The molecule has 72 valence electrons. The van der Waals surface area contributed by atoms with Crippen molar-refractivity contribution in [3.8, 4) is 0 Å². The van der Waals surface area contributed by atoms with E-state index in [9.17, 15) is 8.78 Å². The van der Waals surface area contributed by atoms with E-state index in [1.54, 1.807) is 0 Å². The number of alkyl halides is 2. The van der Waals surface area contributed by atoms with Crippen molar-refractivity contribution in [3.05, 3.63) is 0 Å². The van der Waals surface area contributed by atoms with Crippen LogP contribution in [0.3, 0.4) is 0 Å². The molecule has 0 aromatic heterocycles. The maximum atomic E-state index is 11.8. The summed E-state index contributed by atoms with van der Waals surface area (Å²) in [5.74, 6) is 0. The summed E-state index contributed by atoms with van der Waals surface area (Å²) in [5, 5.41) is 8.78. The Labute approximate surface area is 70.5 Å². The van der Waals surface area contributed by atoms with Crippen molar-refractivity contribution in [1.29, 1.82) is 0 Å².